The van der Waals surface area contributed by atoms with Crippen LogP contribution in [-0.2, 0) is 5.41 Å². The third-order valence-corrected chi connectivity index (χ3v) is 17.5. The number of rotatable bonds is 3. The zero-order chi connectivity index (χ0) is 49.2. The summed E-state index contributed by atoms with van der Waals surface area (Å²) in [4.78, 5) is 20.3. The van der Waals surface area contributed by atoms with Gasteiger partial charge >= 0.3 is 0 Å². The van der Waals surface area contributed by atoms with Gasteiger partial charge in [-0.05, 0) is 140 Å². The van der Waals surface area contributed by atoms with E-state index in [2.05, 4.69) is 192 Å². The van der Waals surface area contributed by atoms with Gasteiger partial charge < -0.3 is 0 Å². The van der Waals surface area contributed by atoms with Gasteiger partial charge in [0, 0.05) is 57.1 Å². The predicted molar refractivity (Wildman–Crippen MR) is 310 cm³/mol. The summed E-state index contributed by atoms with van der Waals surface area (Å²) in [5, 5.41) is 7.36. The van der Waals surface area contributed by atoms with Crippen LogP contribution in [0.4, 0.5) is 0 Å². The van der Waals surface area contributed by atoms with E-state index in [1.54, 1.807) is 0 Å². The Balaban J connectivity index is 0.892. The van der Waals surface area contributed by atoms with Crippen molar-refractivity contribution in [1.82, 2.24) is 33.6 Å². The lowest BCUT2D eigenvalue weighted by molar-refractivity contribution is 0.583. The highest BCUT2D eigenvalue weighted by atomic mass is 15.2. The third-order valence-electron chi connectivity index (χ3n) is 17.5. The molecule has 0 bridgehead atoms. The molecule has 0 saturated heterocycles. The Morgan fingerprint density at radius 1 is 0.333 bits per heavy atom. The van der Waals surface area contributed by atoms with Crippen LogP contribution in [0, 0.1) is 0 Å². The number of fused-ring (bicyclic) bond motifs is 21. The predicted octanol–water partition coefficient (Wildman–Crippen LogP) is 10.8. The summed E-state index contributed by atoms with van der Waals surface area (Å²) in [6.45, 7) is 6.79. The fourth-order valence-corrected chi connectivity index (χ4v) is 14.2. The molecule has 4 aliphatic rings. The summed E-state index contributed by atoms with van der Waals surface area (Å²) in [5.74, 6) is 2.52. The van der Waals surface area contributed by atoms with Gasteiger partial charge in [-0.2, -0.15) is 0 Å². The van der Waals surface area contributed by atoms with Crippen LogP contribution in [-0.4, -0.2) is 47.1 Å². The van der Waals surface area contributed by atoms with Crippen molar-refractivity contribution < 1.29 is 0 Å². The van der Waals surface area contributed by atoms with Crippen molar-refractivity contribution in [3.05, 3.63) is 200 Å². The normalized spacial score (nSPS) is 13.5. The Bertz CT molecular complexity index is 4640. The van der Waals surface area contributed by atoms with Gasteiger partial charge in [-0.1, -0.05) is 138 Å². The van der Waals surface area contributed by atoms with E-state index in [9.17, 15) is 0 Å². The molecule has 0 N–H and O–H groups in total. The number of para-hydroxylation sites is 2. The first kappa shape index (κ1) is 40.2. The highest BCUT2D eigenvalue weighted by Crippen LogP contribution is 2.44. The minimum Gasteiger partial charge on any atom is -0.294 e. The fourth-order valence-electron chi connectivity index (χ4n) is 14.2. The van der Waals surface area contributed by atoms with E-state index in [1.165, 1.54) is 121 Å². The molecular formula is C66H41B2N7. The van der Waals surface area contributed by atoms with Crippen molar-refractivity contribution in [2.45, 2.75) is 26.2 Å². The van der Waals surface area contributed by atoms with Gasteiger partial charge in [-0.3, -0.25) is 13.7 Å². The maximum Gasteiger partial charge on any atom is 0.244 e. The summed E-state index contributed by atoms with van der Waals surface area (Å²) < 4.78 is 7.05. The smallest absolute Gasteiger partial charge is 0.244 e. The molecule has 6 aromatic heterocycles. The number of nitrogens with zero attached hydrogens (tertiary/aromatic N) is 7. The van der Waals surface area contributed by atoms with Crippen molar-refractivity contribution in [3.63, 3.8) is 0 Å². The van der Waals surface area contributed by atoms with E-state index in [4.69, 9.17) is 19.9 Å². The van der Waals surface area contributed by atoms with Crippen LogP contribution in [0.25, 0.3) is 128 Å². The molecule has 18 rings (SSSR count). The summed E-state index contributed by atoms with van der Waals surface area (Å²) in [6, 6.07) is 63.6. The molecule has 10 heterocycles. The summed E-state index contributed by atoms with van der Waals surface area (Å²) in [7, 11) is 0. The minimum absolute atomic E-state index is 0.0599. The Labute approximate surface area is 431 Å². The van der Waals surface area contributed by atoms with Gasteiger partial charge in [0.05, 0.1) is 33.1 Å². The Morgan fingerprint density at radius 3 is 1.09 bits per heavy atom. The molecule has 75 heavy (non-hydrogen) atoms. The molecule has 0 unspecified atom stereocenters. The molecule has 7 nitrogen and oxygen atoms in total. The maximum atomic E-state index is 5.25. The number of aromatic nitrogens is 7. The lowest BCUT2D eigenvalue weighted by Crippen LogP contribution is -2.45. The first-order chi connectivity index (χ1) is 36.9. The van der Waals surface area contributed by atoms with Crippen LogP contribution >= 0.6 is 0 Å². The molecule has 0 saturated carbocycles. The average Bonchev–Trinajstić information content (AvgIpc) is 4.38. The lowest BCUT2D eigenvalue weighted by atomic mass is 9.41. The second-order valence-electron chi connectivity index (χ2n) is 22.2. The van der Waals surface area contributed by atoms with Crippen molar-refractivity contribution in [3.8, 4) is 62.1 Å². The molecule has 0 atom stereocenters. The van der Waals surface area contributed by atoms with E-state index >= 15 is 0 Å². The number of hydrogen-bond donors (Lipinski definition) is 0. The van der Waals surface area contributed by atoms with Gasteiger partial charge in [0.25, 0.3) is 0 Å². The van der Waals surface area contributed by atoms with Gasteiger partial charge in [0.15, 0.2) is 0 Å². The van der Waals surface area contributed by atoms with E-state index in [-0.39, 0.29) is 18.8 Å². The van der Waals surface area contributed by atoms with Crippen LogP contribution < -0.4 is 32.8 Å². The van der Waals surface area contributed by atoms with E-state index in [0.717, 1.165) is 39.3 Å². The van der Waals surface area contributed by atoms with Crippen LogP contribution in [0.2, 0.25) is 0 Å². The number of pyridine rings is 2. The number of hydrogen-bond acceptors (Lipinski definition) is 4. The zero-order valence-corrected chi connectivity index (χ0v) is 41.3. The maximum absolute atomic E-state index is 5.25. The second kappa shape index (κ2) is 13.8. The SMILES string of the molecule is CC(C)(C)c1cnc(-n2c3cc4c(cc3c3cc5c(cc32)B2c3cc6c(cc3-c3cccc-5c32)c2ccccc2n6-c2ccccn2)-c2cccc3c2B4c2cc4c(cc2-3)c2ccccc2n4-c2ccccn2)nc1. The number of benzene rings is 8. The molecule has 4 aliphatic heterocycles. The van der Waals surface area contributed by atoms with E-state index in [0.29, 0.717) is 5.95 Å². The Morgan fingerprint density at radius 2 is 0.707 bits per heavy atom. The molecular weight excluding hydrogens is 912 g/mol. The lowest BCUT2D eigenvalue weighted by Gasteiger charge is -2.18. The van der Waals surface area contributed by atoms with Crippen molar-refractivity contribution in [2.24, 2.45) is 0 Å². The monoisotopic (exact) mass is 953 g/mol. The summed E-state index contributed by atoms with van der Waals surface area (Å²) in [5.41, 5.74) is 26.5. The standard InChI is InChI=1S/C66H41B2N7/c1-66(2,3)36-34-71-65(72-35-36)75-59-32-53-45(41-18-12-16-39-43-26-47-37-14-4-6-20-55(37)73(61-22-8-10-24-69-61)57(47)30-51(43)67(53)63(39)41)28-49(59)50-29-46-42-19-13-17-40-44-27-48-38-15-5-7-21-56(38)74(62-23-9-11-25-70-62)58(48)31-52(44)68(64(40)42)54(46)33-60(50)75/h4-35H,1-3H3. The van der Waals surface area contributed by atoms with Crippen LogP contribution in [0.3, 0.4) is 0 Å². The average molecular weight is 954 g/mol. The Hall–Kier alpha value is -9.33. The van der Waals surface area contributed by atoms with Crippen molar-refractivity contribution in [2.75, 3.05) is 0 Å². The molecule has 346 valence electrons. The highest BCUT2D eigenvalue weighted by Gasteiger charge is 2.45. The summed E-state index contributed by atoms with van der Waals surface area (Å²) in [6.07, 6.45) is 7.85. The van der Waals surface area contributed by atoms with E-state index in [1.807, 2.05) is 36.9 Å². The van der Waals surface area contributed by atoms with Gasteiger partial charge in [0.2, 0.25) is 19.4 Å². The van der Waals surface area contributed by atoms with Gasteiger partial charge in [-0.25, -0.2) is 19.9 Å². The Kier molecular flexibility index (Phi) is 7.41. The van der Waals surface area contributed by atoms with Crippen LogP contribution in [0.15, 0.2) is 195 Å². The molecule has 0 fully saturated rings. The largest absolute Gasteiger partial charge is 0.294 e. The third kappa shape index (κ3) is 5.03. The van der Waals surface area contributed by atoms with Crippen LogP contribution in [0.5, 0.6) is 0 Å². The van der Waals surface area contributed by atoms with Crippen LogP contribution in [0.1, 0.15) is 26.3 Å². The quantitative estimate of drug-likeness (QED) is 0.166. The first-order valence-electron chi connectivity index (χ1n) is 26.1. The zero-order valence-electron chi connectivity index (χ0n) is 41.3. The fraction of sp³-hybridized carbons (Fsp3) is 0.0606. The van der Waals surface area contributed by atoms with Gasteiger partial charge in [0.1, 0.15) is 11.6 Å². The molecule has 8 aromatic carbocycles. The first-order valence-corrected chi connectivity index (χ1v) is 26.1. The molecule has 14 aromatic rings. The molecule has 9 heteroatoms. The minimum atomic E-state index is -0.0961. The summed E-state index contributed by atoms with van der Waals surface area (Å²) >= 11 is 0. The van der Waals surface area contributed by atoms with Gasteiger partial charge in [-0.15, -0.1) is 0 Å². The highest BCUT2D eigenvalue weighted by molar-refractivity contribution is 7.03. The van der Waals surface area contributed by atoms with Crippen molar-refractivity contribution >= 4 is 112 Å². The van der Waals surface area contributed by atoms with E-state index < -0.39 is 0 Å². The van der Waals surface area contributed by atoms with Crippen molar-refractivity contribution in [1.29, 1.82) is 0 Å². The topological polar surface area (TPSA) is 66.3 Å². The second-order valence-corrected chi connectivity index (χ2v) is 22.2. The molecule has 0 radical (unpaired) electrons. The molecule has 0 aliphatic carbocycles. The molecule has 0 spiro atoms. The molecule has 0 amide bonds.